The van der Waals surface area contributed by atoms with Gasteiger partial charge in [-0.05, 0) is 12.1 Å². The minimum Gasteiger partial charge on any atom is -0.493 e. The Balaban J connectivity index is 0.00000300. The number of hydrogen-bond acceptors (Lipinski definition) is 4. The quantitative estimate of drug-likeness (QED) is 0.483. The summed E-state index contributed by atoms with van der Waals surface area (Å²) in [5, 5.41) is 0. The first-order valence-electron chi connectivity index (χ1n) is 8.66. The lowest BCUT2D eigenvalue weighted by Crippen LogP contribution is -2.36. The van der Waals surface area contributed by atoms with Crippen molar-refractivity contribution in [2.75, 3.05) is 40.0 Å². The molecule has 0 amide bonds. The molecule has 1 heterocycles. The Bertz CT molecular complexity index is 844. The molecule has 4 nitrogen and oxygen atoms in total. The van der Waals surface area contributed by atoms with Crippen LogP contribution in [0, 0.1) is 23.3 Å². The van der Waals surface area contributed by atoms with E-state index in [-0.39, 0.29) is 23.9 Å². The number of methoxy groups -OCH3 is 1. The minimum atomic E-state index is -1.61. The van der Waals surface area contributed by atoms with Crippen LogP contribution in [-0.4, -0.2) is 44.9 Å². The molecule has 0 aromatic heterocycles. The predicted octanol–water partition coefficient (Wildman–Crippen LogP) is 4.81. The second kappa shape index (κ2) is 10.5. The summed E-state index contributed by atoms with van der Waals surface area (Å²) in [6, 6.07) is 6.00. The zero-order chi connectivity index (χ0) is 20.1. The predicted molar refractivity (Wildman–Crippen MR) is 103 cm³/mol. The zero-order valence-corrected chi connectivity index (χ0v) is 16.4. The van der Waals surface area contributed by atoms with E-state index in [2.05, 4.69) is 0 Å². The van der Waals surface area contributed by atoms with E-state index in [0.717, 1.165) is 6.08 Å². The highest BCUT2D eigenvalue weighted by Crippen LogP contribution is 2.37. The van der Waals surface area contributed by atoms with Gasteiger partial charge in [-0.15, -0.1) is 12.4 Å². The lowest BCUT2D eigenvalue weighted by Gasteiger charge is -2.25. The van der Waals surface area contributed by atoms with Crippen molar-refractivity contribution in [1.82, 2.24) is 4.90 Å². The molecule has 0 radical (unpaired) electrons. The lowest BCUT2D eigenvalue weighted by molar-refractivity contribution is 0.0435. The third kappa shape index (κ3) is 5.20. The Morgan fingerprint density at radius 2 is 1.55 bits per heavy atom. The number of para-hydroxylation sites is 2. The van der Waals surface area contributed by atoms with Crippen molar-refractivity contribution in [2.45, 2.75) is 0 Å². The molecule has 0 atom stereocenters. The summed E-state index contributed by atoms with van der Waals surface area (Å²) in [5.74, 6) is -7.35. The third-order valence-corrected chi connectivity index (χ3v) is 4.29. The van der Waals surface area contributed by atoms with Crippen LogP contribution in [0.2, 0.25) is 0 Å². The molecule has 0 unspecified atom stereocenters. The van der Waals surface area contributed by atoms with Gasteiger partial charge in [-0.25, -0.2) is 8.78 Å². The number of nitrogens with zero attached hydrogens (tertiary/aromatic N) is 1. The lowest BCUT2D eigenvalue weighted by atomic mass is 10.1. The van der Waals surface area contributed by atoms with E-state index in [0.29, 0.717) is 32.8 Å². The molecule has 2 aromatic rings. The Morgan fingerprint density at radius 1 is 0.966 bits per heavy atom. The molecule has 0 bridgehead atoms. The second-order valence-electron chi connectivity index (χ2n) is 6.07. The van der Waals surface area contributed by atoms with E-state index in [4.69, 9.17) is 14.2 Å². The maximum Gasteiger partial charge on any atom is 0.205 e. The highest BCUT2D eigenvalue weighted by molar-refractivity contribution is 5.85. The molecule has 1 fully saturated rings. The summed E-state index contributed by atoms with van der Waals surface area (Å²) in [4.78, 5) is 1.99. The van der Waals surface area contributed by atoms with Crippen molar-refractivity contribution >= 4 is 18.5 Å². The first-order valence-corrected chi connectivity index (χ1v) is 8.66. The molecule has 158 valence electrons. The van der Waals surface area contributed by atoms with Crippen LogP contribution < -0.4 is 9.47 Å². The van der Waals surface area contributed by atoms with Gasteiger partial charge in [-0.3, -0.25) is 4.90 Å². The third-order valence-electron chi connectivity index (χ3n) is 4.29. The fourth-order valence-electron chi connectivity index (χ4n) is 2.78. The van der Waals surface area contributed by atoms with Crippen molar-refractivity contribution in [3.63, 3.8) is 0 Å². The summed E-state index contributed by atoms with van der Waals surface area (Å²) in [6.45, 7) is 2.85. The van der Waals surface area contributed by atoms with Crippen LogP contribution in [0.5, 0.6) is 17.2 Å². The molecule has 2 aromatic carbocycles. The average Bonchev–Trinajstić information content (AvgIpc) is 2.73. The van der Waals surface area contributed by atoms with E-state index in [1.54, 1.807) is 6.07 Å². The van der Waals surface area contributed by atoms with E-state index < -0.39 is 34.6 Å². The smallest absolute Gasteiger partial charge is 0.205 e. The summed E-state index contributed by atoms with van der Waals surface area (Å²) in [6.07, 6.45) is 2.48. The van der Waals surface area contributed by atoms with Crippen LogP contribution in [0.4, 0.5) is 17.6 Å². The van der Waals surface area contributed by atoms with E-state index >= 15 is 0 Å². The standard InChI is InChI=1S/C20H19F4NO3.ClH/c1-26-14-6-2-3-7-15(14)28-20-18(23)16(21)13(17(22)19(20)24)5-4-8-25-9-11-27-12-10-25;/h2-7H,8-12H2,1H3;1H. The van der Waals surface area contributed by atoms with Gasteiger partial charge in [0.15, 0.2) is 23.1 Å². The fourth-order valence-corrected chi connectivity index (χ4v) is 2.78. The van der Waals surface area contributed by atoms with Gasteiger partial charge in [-0.2, -0.15) is 8.78 Å². The van der Waals surface area contributed by atoms with E-state index in [9.17, 15) is 17.6 Å². The number of hydrogen-bond donors (Lipinski definition) is 0. The summed E-state index contributed by atoms with van der Waals surface area (Å²) in [7, 11) is 1.33. The normalized spacial score (nSPS) is 14.7. The number of ether oxygens (including phenoxy) is 3. The molecule has 9 heteroatoms. The molecule has 29 heavy (non-hydrogen) atoms. The van der Waals surface area contributed by atoms with Gasteiger partial charge in [0.25, 0.3) is 0 Å². The van der Waals surface area contributed by atoms with Gasteiger partial charge in [-0.1, -0.05) is 24.3 Å². The highest BCUT2D eigenvalue weighted by atomic mass is 35.5. The van der Waals surface area contributed by atoms with Gasteiger partial charge in [0, 0.05) is 19.6 Å². The average molecular weight is 434 g/mol. The van der Waals surface area contributed by atoms with Crippen molar-refractivity contribution in [2.24, 2.45) is 0 Å². The Kier molecular flexibility index (Phi) is 8.31. The molecule has 0 spiro atoms. The number of rotatable bonds is 6. The Labute approximate surface area is 172 Å². The van der Waals surface area contributed by atoms with Gasteiger partial charge in [0.1, 0.15) is 0 Å². The molecular weight excluding hydrogens is 414 g/mol. The number of morpholine rings is 1. The van der Waals surface area contributed by atoms with E-state index in [1.165, 1.54) is 31.4 Å². The van der Waals surface area contributed by atoms with Crippen molar-refractivity contribution < 1.29 is 31.8 Å². The molecule has 1 saturated heterocycles. The highest BCUT2D eigenvalue weighted by Gasteiger charge is 2.26. The first-order chi connectivity index (χ1) is 13.5. The molecule has 1 aliphatic heterocycles. The molecule has 0 saturated carbocycles. The van der Waals surface area contributed by atoms with Gasteiger partial charge in [0.05, 0.1) is 25.9 Å². The molecule has 1 aliphatic rings. The second-order valence-corrected chi connectivity index (χ2v) is 6.07. The van der Waals surface area contributed by atoms with Gasteiger partial charge < -0.3 is 14.2 Å². The molecule has 3 rings (SSSR count). The number of benzene rings is 2. The van der Waals surface area contributed by atoms with E-state index in [1.807, 2.05) is 4.90 Å². The Morgan fingerprint density at radius 3 is 2.14 bits per heavy atom. The summed E-state index contributed by atoms with van der Waals surface area (Å²) >= 11 is 0. The van der Waals surface area contributed by atoms with Crippen LogP contribution in [-0.2, 0) is 4.74 Å². The topological polar surface area (TPSA) is 30.9 Å². The SMILES string of the molecule is COc1ccccc1Oc1c(F)c(F)c(C=CCN2CCOCC2)c(F)c1F.Cl. The molecule has 0 N–H and O–H groups in total. The van der Waals surface area contributed by atoms with Crippen LogP contribution in [0.25, 0.3) is 6.08 Å². The number of halogens is 5. The largest absolute Gasteiger partial charge is 0.493 e. The fraction of sp³-hybridized carbons (Fsp3) is 0.300. The van der Waals surface area contributed by atoms with Crippen molar-refractivity contribution in [1.29, 1.82) is 0 Å². The Hall–Kier alpha value is -2.29. The van der Waals surface area contributed by atoms with Crippen LogP contribution in [0.15, 0.2) is 30.3 Å². The van der Waals surface area contributed by atoms with Gasteiger partial charge in [0.2, 0.25) is 17.4 Å². The molecule has 0 aliphatic carbocycles. The van der Waals surface area contributed by atoms with Gasteiger partial charge >= 0.3 is 0 Å². The maximum atomic E-state index is 14.4. The van der Waals surface area contributed by atoms with Crippen LogP contribution in [0.3, 0.4) is 0 Å². The zero-order valence-electron chi connectivity index (χ0n) is 15.6. The first kappa shape index (κ1) is 23.0. The van der Waals surface area contributed by atoms with Crippen LogP contribution in [0.1, 0.15) is 5.56 Å². The maximum absolute atomic E-state index is 14.4. The van der Waals surface area contributed by atoms with Crippen LogP contribution >= 0.6 is 12.4 Å². The van der Waals surface area contributed by atoms with Crippen molar-refractivity contribution in [3.05, 3.63) is 59.2 Å². The van der Waals surface area contributed by atoms with Crippen molar-refractivity contribution in [3.8, 4) is 17.2 Å². The molecular formula is C20H20ClF4NO3. The summed E-state index contributed by atoms with van der Waals surface area (Å²) < 4.78 is 72.8. The summed E-state index contributed by atoms with van der Waals surface area (Å²) in [5.41, 5.74) is -0.796. The monoisotopic (exact) mass is 433 g/mol. The minimum absolute atomic E-state index is 0.